The number of anilines is 2. The minimum atomic E-state index is -0.457. The predicted molar refractivity (Wildman–Crippen MR) is 168 cm³/mol. The van der Waals surface area contributed by atoms with E-state index >= 15 is 0 Å². The first-order valence-electron chi connectivity index (χ1n) is 13.4. The first-order valence-corrected chi connectivity index (χ1v) is 14.3. The fourth-order valence-electron chi connectivity index (χ4n) is 4.00. The van der Waals surface area contributed by atoms with Crippen molar-refractivity contribution in [1.29, 1.82) is 0 Å². The molecule has 0 aliphatic rings. The molecule has 0 aliphatic heterocycles. The minimum Gasteiger partial charge on any atom is -0.325 e. The molecule has 0 spiro atoms. The molecule has 6 nitrogen and oxygen atoms in total. The number of aryl methyl sites for hydroxylation is 1. The van der Waals surface area contributed by atoms with E-state index in [1.165, 1.54) is 17.3 Å². The van der Waals surface area contributed by atoms with E-state index in [1.54, 1.807) is 42.5 Å². The van der Waals surface area contributed by atoms with Gasteiger partial charge in [0.05, 0.1) is 5.75 Å². The maximum Gasteiger partial charge on any atom is 0.272 e. The molecule has 41 heavy (non-hydrogen) atoms. The van der Waals surface area contributed by atoms with Crippen LogP contribution in [0.15, 0.2) is 114 Å². The van der Waals surface area contributed by atoms with Gasteiger partial charge in [0.2, 0.25) is 5.91 Å². The Morgan fingerprint density at radius 1 is 0.805 bits per heavy atom. The van der Waals surface area contributed by atoms with Crippen LogP contribution in [0.1, 0.15) is 46.8 Å². The Labute approximate surface area is 245 Å². The second-order valence-electron chi connectivity index (χ2n) is 9.83. The lowest BCUT2D eigenvalue weighted by molar-refractivity contribution is -0.114. The molecule has 0 saturated carbocycles. The quantitative estimate of drug-likeness (QED) is 0.140. The number of benzene rings is 4. The van der Waals surface area contributed by atoms with Gasteiger partial charge in [0.15, 0.2) is 0 Å². The Kier molecular flexibility index (Phi) is 10.1. The zero-order valence-corrected chi connectivity index (χ0v) is 24.1. The molecule has 0 aliphatic carbocycles. The normalized spacial score (nSPS) is 11.2. The summed E-state index contributed by atoms with van der Waals surface area (Å²) in [5.41, 5.74) is 4.87. The van der Waals surface area contributed by atoms with Crippen LogP contribution >= 0.6 is 11.8 Å². The van der Waals surface area contributed by atoms with E-state index in [9.17, 15) is 14.4 Å². The minimum absolute atomic E-state index is 0.115. The van der Waals surface area contributed by atoms with Crippen molar-refractivity contribution in [2.45, 2.75) is 31.6 Å². The Hall–Kier alpha value is -4.62. The predicted octanol–water partition coefficient (Wildman–Crippen LogP) is 7.26. The summed E-state index contributed by atoms with van der Waals surface area (Å²) in [5.74, 6) is -0.351. The molecule has 4 aromatic carbocycles. The van der Waals surface area contributed by atoms with Gasteiger partial charge in [-0.15, -0.1) is 11.8 Å². The summed E-state index contributed by atoms with van der Waals surface area (Å²) in [6.07, 6.45) is 1.66. The highest BCUT2D eigenvalue weighted by molar-refractivity contribution is 8.00. The third-order valence-corrected chi connectivity index (χ3v) is 7.32. The number of hydrogen-bond acceptors (Lipinski definition) is 4. The van der Waals surface area contributed by atoms with Gasteiger partial charge in [-0.3, -0.25) is 14.4 Å². The second kappa shape index (κ2) is 14.1. The monoisotopic (exact) mass is 563 g/mol. The molecule has 0 atom stereocenters. The first kappa shape index (κ1) is 29.4. The van der Waals surface area contributed by atoms with E-state index in [4.69, 9.17) is 0 Å². The van der Waals surface area contributed by atoms with Crippen LogP contribution in [0.25, 0.3) is 6.08 Å². The van der Waals surface area contributed by atoms with Crippen LogP contribution in [0.3, 0.4) is 0 Å². The Morgan fingerprint density at radius 2 is 1.51 bits per heavy atom. The third-order valence-electron chi connectivity index (χ3n) is 6.32. The Balaban J connectivity index is 1.47. The summed E-state index contributed by atoms with van der Waals surface area (Å²) in [5, 5.41) is 8.59. The van der Waals surface area contributed by atoms with Gasteiger partial charge in [-0.2, -0.15) is 0 Å². The highest BCUT2D eigenvalue weighted by Crippen LogP contribution is 2.23. The summed E-state index contributed by atoms with van der Waals surface area (Å²) in [7, 11) is 0. The molecule has 0 aromatic heterocycles. The standard InChI is InChI=1S/C34H33N3O3S/c1-23(2)26-18-16-25(17-19-26)20-31(37-33(39)27-11-5-4-6-12-27)34(40)35-28-13-9-14-29(21-28)41-22-32(38)36-30-15-8-7-10-24(30)3/h4-21,23H,22H2,1-3H3,(H,35,40)(H,36,38)(H,37,39)/b31-20+. The molecule has 208 valence electrons. The van der Waals surface area contributed by atoms with Gasteiger partial charge in [0.25, 0.3) is 11.8 Å². The number of amides is 3. The van der Waals surface area contributed by atoms with Gasteiger partial charge in [-0.25, -0.2) is 0 Å². The number of thioether (sulfide) groups is 1. The number of rotatable bonds is 10. The molecule has 0 fully saturated rings. The Morgan fingerprint density at radius 3 is 2.22 bits per heavy atom. The van der Waals surface area contributed by atoms with Crippen LogP contribution in [-0.4, -0.2) is 23.5 Å². The molecule has 4 aromatic rings. The van der Waals surface area contributed by atoms with Crippen molar-refractivity contribution < 1.29 is 14.4 Å². The SMILES string of the molecule is Cc1ccccc1NC(=O)CSc1cccc(NC(=O)/C(=C\c2ccc(C(C)C)cc2)NC(=O)c2ccccc2)c1. The maximum absolute atomic E-state index is 13.4. The first-order chi connectivity index (χ1) is 19.8. The number of para-hydroxylation sites is 1. The third kappa shape index (κ3) is 8.68. The summed E-state index contributed by atoms with van der Waals surface area (Å²) >= 11 is 1.37. The van der Waals surface area contributed by atoms with Crippen LogP contribution in [0.4, 0.5) is 11.4 Å². The van der Waals surface area contributed by atoms with Crippen LogP contribution in [0.5, 0.6) is 0 Å². The van der Waals surface area contributed by atoms with E-state index in [0.717, 1.165) is 21.7 Å². The molecule has 0 unspecified atom stereocenters. The highest BCUT2D eigenvalue weighted by Gasteiger charge is 2.16. The highest BCUT2D eigenvalue weighted by atomic mass is 32.2. The molecule has 0 radical (unpaired) electrons. The van der Waals surface area contributed by atoms with E-state index in [2.05, 4.69) is 29.8 Å². The van der Waals surface area contributed by atoms with Gasteiger partial charge in [0, 0.05) is 21.8 Å². The summed E-state index contributed by atoms with van der Waals surface area (Å²) in [6, 6.07) is 31.5. The fourth-order valence-corrected chi connectivity index (χ4v) is 4.75. The van der Waals surface area contributed by atoms with Crippen molar-refractivity contribution in [3.05, 3.63) is 131 Å². The van der Waals surface area contributed by atoms with Crippen LogP contribution in [0, 0.1) is 6.92 Å². The molecular weight excluding hydrogens is 530 g/mol. The van der Waals surface area contributed by atoms with Crippen molar-refractivity contribution in [3.63, 3.8) is 0 Å². The van der Waals surface area contributed by atoms with E-state index < -0.39 is 5.91 Å². The summed E-state index contributed by atoms with van der Waals surface area (Å²) in [6.45, 7) is 6.18. The lowest BCUT2D eigenvalue weighted by Crippen LogP contribution is -2.30. The zero-order chi connectivity index (χ0) is 29.2. The molecule has 7 heteroatoms. The molecule has 3 N–H and O–H groups in total. The van der Waals surface area contributed by atoms with Gasteiger partial charge < -0.3 is 16.0 Å². The van der Waals surface area contributed by atoms with Gasteiger partial charge >= 0.3 is 0 Å². The summed E-state index contributed by atoms with van der Waals surface area (Å²) in [4.78, 5) is 39.7. The van der Waals surface area contributed by atoms with Crippen molar-refractivity contribution >= 4 is 46.9 Å². The molecule has 0 saturated heterocycles. The average Bonchev–Trinajstić information content (AvgIpc) is 2.98. The van der Waals surface area contributed by atoms with E-state index in [-0.39, 0.29) is 23.3 Å². The average molecular weight is 564 g/mol. The van der Waals surface area contributed by atoms with Gasteiger partial charge in [-0.05, 0) is 72.0 Å². The fraction of sp³-hybridized carbons (Fsp3) is 0.147. The van der Waals surface area contributed by atoms with Crippen molar-refractivity contribution in [2.75, 3.05) is 16.4 Å². The molecule has 0 heterocycles. The smallest absolute Gasteiger partial charge is 0.272 e. The zero-order valence-electron chi connectivity index (χ0n) is 23.3. The van der Waals surface area contributed by atoms with Crippen LogP contribution in [0.2, 0.25) is 0 Å². The van der Waals surface area contributed by atoms with Gasteiger partial charge in [0.1, 0.15) is 5.70 Å². The largest absolute Gasteiger partial charge is 0.325 e. The van der Waals surface area contributed by atoms with Crippen LogP contribution in [-0.2, 0) is 9.59 Å². The van der Waals surface area contributed by atoms with Crippen LogP contribution < -0.4 is 16.0 Å². The molecular formula is C34H33N3O3S. The number of carbonyl (C=O) groups is 3. The maximum atomic E-state index is 13.4. The van der Waals surface area contributed by atoms with Gasteiger partial charge in [-0.1, -0.05) is 80.6 Å². The Bertz CT molecular complexity index is 1550. The lowest BCUT2D eigenvalue weighted by atomic mass is 10.0. The van der Waals surface area contributed by atoms with Crippen molar-refractivity contribution in [1.82, 2.24) is 5.32 Å². The lowest BCUT2D eigenvalue weighted by Gasteiger charge is -2.13. The van der Waals surface area contributed by atoms with Crippen molar-refractivity contribution in [2.24, 2.45) is 0 Å². The van der Waals surface area contributed by atoms with E-state index in [0.29, 0.717) is 17.2 Å². The number of hydrogen-bond donors (Lipinski definition) is 3. The summed E-state index contributed by atoms with van der Waals surface area (Å²) < 4.78 is 0. The molecule has 4 rings (SSSR count). The number of nitrogens with one attached hydrogen (secondary N) is 3. The molecule has 3 amide bonds. The second-order valence-corrected chi connectivity index (χ2v) is 10.9. The van der Waals surface area contributed by atoms with E-state index in [1.807, 2.05) is 73.7 Å². The topological polar surface area (TPSA) is 87.3 Å². The molecule has 0 bridgehead atoms. The van der Waals surface area contributed by atoms with Crippen molar-refractivity contribution in [3.8, 4) is 0 Å². The number of carbonyl (C=O) groups excluding carboxylic acids is 3.